The van der Waals surface area contributed by atoms with Gasteiger partial charge in [0.15, 0.2) is 5.39 Å². The molecule has 2 aromatic heterocycles. The largest absolute Gasteiger partial charge is 0.497 e. The minimum Gasteiger partial charge on any atom is -0.497 e. The standard InChI is InChI=1S/C25H16Cl2N2O4/c1-32-16-9-6-14(7-10-16)13-29-23(17-11-8-15(26)12-19(17)27)28-24-21(25(29)31)22(30)18-4-2-3-5-20(18)33-24/h2-12H,13H2,1H3. The van der Waals surface area contributed by atoms with Crippen LogP contribution in [0.25, 0.3) is 33.5 Å². The maximum atomic E-state index is 13.7. The van der Waals surface area contributed by atoms with E-state index < -0.39 is 11.0 Å². The molecule has 33 heavy (non-hydrogen) atoms. The number of benzene rings is 3. The Morgan fingerprint density at radius 2 is 1.76 bits per heavy atom. The zero-order valence-electron chi connectivity index (χ0n) is 17.3. The molecule has 8 heteroatoms. The molecule has 5 aromatic rings. The van der Waals surface area contributed by atoms with E-state index in [0.717, 1.165) is 5.56 Å². The molecule has 0 N–H and O–H groups in total. The van der Waals surface area contributed by atoms with Gasteiger partial charge in [-0.15, -0.1) is 0 Å². The van der Waals surface area contributed by atoms with E-state index in [0.29, 0.717) is 32.3 Å². The van der Waals surface area contributed by atoms with E-state index in [1.807, 2.05) is 12.1 Å². The normalized spacial score (nSPS) is 11.2. The van der Waals surface area contributed by atoms with Crippen molar-refractivity contribution in [1.82, 2.24) is 9.55 Å². The van der Waals surface area contributed by atoms with Crippen molar-refractivity contribution >= 4 is 45.3 Å². The number of para-hydroxylation sites is 1. The van der Waals surface area contributed by atoms with E-state index in [1.165, 1.54) is 4.57 Å². The van der Waals surface area contributed by atoms with Crippen LogP contribution < -0.4 is 15.7 Å². The number of ether oxygens (including phenoxy) is 1. The van der Waals surface area contributed by atoms with Gasteiger partial charge in [-0.3, -0.25) is 14.2 Å². The Morgan fingerprint density at radius 1 is 1.00 bits per heavy atom. The molecule has 0 amide bonds. The SMILES string of the molecule is COc1ccc(Cn2c(-c3ccc(Cl)cc3Cl)nc3oc4ccccc4c(=O)c3c2=O)cc1. The van der Waals surface area contributed by atoms with Crippen LogP contribution in [0.3, 0.4) is 0 Å². The lowest BCUT2D eigenvalue weighted by Crippen LogP contribution is -2.28. The number of methoxy groups -OCH3 is 1. The molecule has 164 valence electrons. The van der Waals surface area contributed by atoms with E-state index >= 15 is 0 Å². The Bertz CT molecular complexity index is 1640. The van der Waals surface area contributed by atoms with E-state index in [-0.39, 0.29) is 23.5 Å². The molecule has 5 rings (SSSR count). The highest BCUT2D eigenvalue weighted by Gasteiger charge is 2.20. The predicted molar refractivity (Wildman–Crippen MR) is 130 cm³/mol. The minimum absolute atomic E-state index is 0.0457. The summed E-state index contributed by atoms with van der Waals surface area (Å²) in [5.74, 6) is 0.958. The fourth-order valence-corrected chi connectivity index (χ4v) is 4.21. The maximum Gasteiger partial charge on any atom is 0.269 e. The maximum absolute atomic E-state index is 13.7. The van der Waals surface area contributed by atoms with E-state index in [1.54, 1.807) is 61.7 Å². The van der Waals surface area contributed by atoms with Gasteiger partial charge in [0.2, 0.25) is 11.1 Å². The fraction of sp³-hybridized carbons (Fsp3) is 0.0800. The first-order chi connectivity index (χ1) is 16.0. The van der Waals surface area contributed by atoms with Crippen LogP contribution in [0.4, 0.5) is 0 Å². The summed E-state index contributed by atoms with van der Waals surface area (Å²) in [7, 11) is 1.58. The van der Waals surface area contributed by atoms with Gasteiger partial charge in [0.05, 0.1) is 24.1 Å². The van der Waals surface area contributed by atoms with Crippen LogP contribution in [0.15, 0.2) is 80.7 Å². The second-order valence-electron chi connectivity index (χ2n) is 7.41. The summed E-state index contributed by atoms with van der Waals surface area (Å²) in [5.41, 5.74) is 0.663. The van der Waals surface area contributed by atoms with Crippen LogP contribution in [0.2, 0.25) is 10.0 Å². The van der Waals surface area contributed by atoms with E-state index in [4.69, 9.17) is 32.4 Å². The molecule has 3 aromatic carbocycles. The molecule has 0 saturated heterocycles. The molecule has 0 atom stereocenters. The van der Waals surface area contributed by atoms with Crippen LogP contribution in [-0.2, 0) is 6.54 Å². The molecule has 2 heterocycles. The Kier molecular flexibility index (Phi) is 5.40. The number of halogens is 2. The third kappa shape index (κ3) is 3.77. The molecule has 0 bridgehead atoms. The molecule has 6 nitrogen and oxygen atoms in total. The number of hydrogen-bond acceptors (Lipinski definition) is 5. The summed E-state index contributed by atoms with van der Waals surface area (Å²) in [6.07, 6.45) is 0. The average molecular weight is 479 g/mol. The fourth-order valence-electron chi connectivity index (χ4n) is 3.72. The molecule has 0 aliphatic carbocycles. The van der Waals surface area contributed by atoms with Crippen LogP contribution >= 0.6 is 23.2 Å². The van der Waals surface area contributed by atoms with Crippen molar-refractivity contribution in [2.24, 2.45) is 0 Å². The molecule has 0 aliphatic rings. The van der Waals surface area contributed by atoms with Crippen molar-refractivity contribution in [3.8, 4) is 17.1 Å². The lowest BCUT2D eigenvalue weighted by atomic mass is 10.1. The second-order valence-corrected chi connectivity index (χ2v) is 8.25. The van der Waals surface area contributed by atoms with Gasteiger partial charge < -0.3 is 9.15 Å². The van der Waals surface area contributed by atoms with Gasteiger partial charge in [0.25, 0.3) is 5.56 Å². The molecule has 0 spiro atoms. The van der Waals surface area contributed by atoms with E-state index in [2.05, 4.69) is 4.98 Å². The van der Waals surface area contributed by atoms with Crippen molar-refractivity contribution in [2.75, 3.05) is 7.11 Å². The minimum atomic E-state index is -0.517. The Hall–Kier alpha value is -3.61. The Labute approximate surface area is 197 Å². The third-order valence-electron chi connectivity index (χ3n) is 5.37. The molecular weight excluding hydrogens is 463 g/mol. The summed E-state index contributed by atoms with van der Waals surface area (Å²) in [6.45, 7) is 0.159. The zero-order chi connectivity index (χ0) is 23.1. The van der Waals surface area contributed by atoms with Crippen molar-refractivity contribution in [3.63, 3.8) is 0 Å². The molecule has 0 radical (unpaired) electrons. The van der Waals surface area contributed by atoms with Crippen LogP contribution in [0, 0.1) is 0 Å². The quantitative estimate of drug-likeness (QED) is 0.317. The first-order valence-corrected chi connectivity index (χ1v) is 10.8. The van der Waals surface area contributed by atoms with Gasteiger partial charge in [-0.05, 0) is 48.0 Å². The van der Waals surface area contributed by atoms with Crippen LogP contribution in [0.1, 0.15) is 5.56 Å². The summed E-state index contributed by atoms with van der Waals surface area (Å²) in [4.78, 5) is 31.4. The van der Waals surface area contributed by atoms with Crippen molar-refractivity contribution in [3.05, 3.63) is 103 Å². The number of fused-ring (bicyclic) bond motifs is 2. The summed E-state index contributed by atoms with van der Waals surface area (Å²) in [5, 5.41) is 0.972. The molecule has 0 fully saturated rings. The molecule has 0 unspecified atom stereocenters. The van der Waals surface area contributed by atoms with Crippen molar-refractivity contribution in [2.45, 2.75) is 6.54 Å². The van der Waals surface area contributed by atoms with Crippen LogP contribution in [-0.4, -0.2) is 16.7 Å². The first-order valence-electron chi connectivity index (χ1n) is 10.0. The highest BCUT2D eigenvalue weighted by Crippen LogP contribution is 2.30. The summed E-state index contributed by atoms with van der Waals surface area (Å²) >= 11 is 12.5. The smallest absolute Gasteiger partial charge is 0.269 e. The Balaban J connectivity index is 1.83. The molecule has 0 aliphatic heterocycles. The number of rotatable bonds is 4. The lowest BCUT2D eigenvalue weighted by Gasteiger charge is -2.15. The monoisotopic (exact) mass is 478 g/mol. The molecular formula is C25H16Cl2N2O4. The van der Waals surface area contributed by atoms with Gasteiger partial charge in [0.1, 0.15) is 17.2 Å². The Morgan fingerprint density at radius 3 is 2.48 bits per heavy atom. The van der Waals surface area contributed by atoms with Gasteiger partial charge in [0, 0.05) is 10.6 Å². The lowest BCUT2D eigenvalue weighted by molar-refractivity contribution is 0.414. The van der Waals surface area contributed by atoms with Gasteiger partial charge in [-0.2, -0.15) is 4.98 Å². The van der Waals surface area contributed by atoms with Crippen LogP contribution in [0.5, 0.6) is 5.75 Å². The highest BCUT2D eigenvalue weighted by molar-refractivity contribution is 6.36. The first kappa shape index (κ1) is 21.2. The van der Waals surface area contributed by atoms with Gasteiger partial charge in [-0.1, -0.05) is 47.5 Å². The zero-order valence-corrected chi connectivity index (χ0v) is 18.9. The van der Waals surface area contributed by atoms with E-state index in [9.17, 15) is 9.59 Å². The number of aromatic nitrogens is 2. The van der Waals surface area contributed by atoms with Gasteiger partial charge in [-0.25, -0.2) is 0 Å². The van der Waals surface area contributed by atoms with Crippen molar-refractivity contribution in [1.29, 1.82) is 0 Å². The van der Waals surface area contributed by atoms with Crippen molar-refractivity contribution < 1.29 is 9.15 Å². The molecule has 0 saturated carbocycles. The second kappa shape index (κ2) is 8.39. The summed E-state index contributed by atoms with van der Waals surface area (Å²) in [6, 6.07) is 18.9. The predicted octanol–water partition coefficient (Wildman–Crippen LogP) is 5.53. The average Bonchev–Trinajstić information content (AvgIpc) is 2.81. The topological polar surface area (TPSA) is 74.3 Å². The summed E-state index contributed by atoms with van der Waals surface area (Å²) < 4.78 is 12.5. The van der Waals surface area contributed by atoms with Gasteiger partial charge >= 0.3 is 0 Å². The highest BCUT2D eigenvalue weighted by atomic mass is 35.5. The third-order valence-corrected chi connectivity index (χ3v) is 5.92. The number of nitrogens with zero attached hydrogens (tertiary/aromatic N) is 2. The number of hydrogen-bond donors (Lipinski definition) is 0.